The molecule has 0 saturated heterocycles. The van der Waals surface area contributed by atoms with Crippen molar-refractivity contribution in [2.45, 2.75) is 20.3 Å². The van der Waals surface area contributed by atoms with Gasteiger partial charge >= 0.3 is 0 Å². The van der Waals surface area contributed by atoms with Crippen LogP contribution in [0.5, 0.6) is 0 Å². The molecule has 0 fully saturated rings. The fourth-order valence-electron chi connectivity index (χ4n) is 2.36. The Hall–Kier alpha value is -2.59. The number of nitrogens with zero attached hydrogens (tertiary/aromatic N) is 1. The van der Waals surface area contributed by atoms with E-state index in [0.29, 0.717) is 28.7 Å². The first-order valence-electron chi connectivity index (χ1n) is 8.02. The highest BCUT2D eigenvalue weighted by molar-refractivity contribution is 6.31. The maximum atomic E-state index is 11.4. The van der Waals surface area contributed by atoms with Crippen molar-refractivity contribution in [1.82, 2.24) is 10.6 Å². The molecule has 0 aromatic heterocycles. The van der Waals surface area contributed by atoms with Crippen LogP contribution in [0.15, 0.2) is 66.0 Å². The van der Waals surface area contributed by atoms with Gasteiger partial charge in [-0.2, -0.15) is 0 Å². The van der Waals surface area contributed by atoms with Gasteiger partial charge in [0.25, 0.3) is 0 Å². The Balaban J connectivity index is 2.22. The van der Waals surface area contributed by atoms with Gasteiger partial charge in [-0.1, -0.05) is 36.9 Å². The summed E-state index contributed by atoms with van der Waals surface area (Å²) in [6, 6.07) is 5.67. The summed E-state index contributed by atoms with van der Waals surface area (Å²) in [4.78, 5) is 16.0. The number of aryl methyl sites for hydroxylation is 1. The first kappa shape index (κ1) is 18.7. The molecule has 1 aliphatic rings. The number of allylic oxidation sites excluding steroid dienone is 2. The zero-order valence-electron chi connectivity index (χ0n) is 14.5. The molecule has 1 aliphatic heterocycles. The number of carbonyl (C=O) groups is 1. The molecule has 1 heterocycles. The molecule has 0 unspecified atom stereocenters. The van der Waals surface area contributed by atoms with Crippen LogP contribution in [-0.2, 0) is 4.79 Å². The molecule has 130 valence electrons. The topological polar surface area (TPSA) is 53.5 Å². The van der Waals surface area contributed by atoms with Crippen LogP contribution in [0.3, 0.4) is 0 Å². The van der Waals surface area contributed by atoms with Gasteiger partial charge in [-0.05, 0) is 43.2 Å². The number of halogens is 1. The van der Waals surface area contributed by atoms with Gasteiger partial charge < -0.3 is 10.6 Å². The molecule has 0 spiro atoms. The Morgan fingerprint density at radius 2 is 2.16 bits per heavy atom. The SMILES string of the molecule is C=C(NC1=CC(=O)NCC1)C(/C=C\C)=NC(=C)c1ccc(Cl)c(C)c1. The maximum absolute atomic E-state index is 11.4. The Labute approximate surface area is 153 Å². The quantitative estimate of drug-likeness (QED) is 0.753. The summed E-state index contributed by atoms with van der Waals surface area (Å²) in [6.45, 7) is 12.5. The normalized spacial score (nSPS) is 14.9. The Morgan fingerprint density at radius 1 is 1.40 bits per heavy atom. The summed E-state index contributed by atoms with van der Waals surface area (Å²) in [7, 11) is 0. The fraction of sp³-hybridized carbons (Fsp3) is 0.200. The lowest BCUT2D eigenvalue weighted by Crippen LogP contribution is -2.31. The predicted octanol–water partition coefficient (Wildman–Crippen LogP) is 4.14. The maximum Gasteiger partial charge on any atom is 0.245 e. The third kappa shape index (κ3) is 5.19. The van der Waals surface area contributed by atoms with Gasteiger partial charge in [0.2, 0.25) is 5.91 Å². The van der Waals surface area contributed by atoms with E-state index in [4.69, 9.17) is 11.6 Å². The van der Waals surface area contributed by atoms with Gasteiger partial charge in [0.15, 0.2) is 0 Å². The Morgan fingerprint density at radius 3 is 2.80 bits per heavy atom. The summed E-state index contributed by atoms with van der Waals surface area (Å²) < 4.78 is 0. The van der Waals surface area contributed by atoms with Gasteiger partial charge in [-0.3, -0.25) is 4.79 Å². The zero-order chi connectivity index (χ0) is 18.4. The summed E-state index contributed by atoms with van der Waals surface area (Å²) >= 11 is 6.07. The smallest absolute Gasteiger partial charge is 0.245 e. The lowest BCUT2D eigenvalue weighted by atomic mass is 10.1. The molecule has 1 aromatic rings. The second kappa shape index (κ2) is 8.49. The second-order valence-electron chi connectivity index (χ2n) is 5.72. The molecule has 2 rings (SSSR count). The zero-order valence-corrected chi connectivity index (χ0v) is 15.3. The van der Waals surface area contributed by atoms with E-state index in [-0.39, 0.29) is 5.91 Å². The first-order valence-corrected chi connectivity index (χ1v) is 8.40. The van der Waals surface area contributed by atoms with Crippen LogP contribution in [0.2, 0.25) is 5.02 Å². The monoisotopic (exact) mass is 355 g/mol. The average Bonchev–Trinajstić information content (AvgIpc) is 2.56. The van der Waals surface area contributed by atoms with Crippen LogP contribution >= 0.6 is 11.6 Å². The van der Waals surface area contributed by atoms with Crippen molar-refractivity contribution in [3.05, 3.63) is 77.1 Å². The number of nitrogens with one attached hydrogen (secondary N) is 2. The lowest BCUT2D eigenvalue weighted by Gasteiger charge is -2.17. The molecule has 4 nitrogen and oxygen atoms in total. The van der Waals surface area contributed by atoms with E-state index in [1.807, 2.05) is 44.2 Å². The predicted molar refractivity (Wildman–Crippen MR) is 105 cm³/mol. The van der Waals surface area contributed by atoms with Crippen molar-refractivity contribution in [1.29, 1.82) is 0 Å². The largest absolute Gasteiger partial charge is 0.357 e. The van der Waals surface area contributed by atoms with Crippen molar-refractivity contribution in [2.75, 3.05) is 6.54 Å². The summed E-state index contributed by atoms with van der Waals surface area (Å²) in [5.74, 6) is -0.105. The molecule has 2 N–H and O–H groups in total. The van der Waals surface area contributed by atoms with Crippen LogP contribution < -0.4 is 10.6 Å². The fourth-order valence-corrected chi connectivity index (χ4v) is 2.47. The van der Waals surface area contributed by atoms with E-state index in [1.54, 1.807) is 6.08 Å². The van der Waals surface area contributed by atoms with E-state index >= 15 is 0 Å². The van der Waals surface area contributed by atoms with Crippen molar-refractivity contribution >= 4 is 28.9 Å². The summed E-state index contributed by atoms with van der Waals surface area (Å²) in [6.07, 6.45) is 6.01. The lowest BCUT2D eigenvalue weighted by molar-refractivity contribution is -0.116. The van der Waals surface area contributed by atoms with Gasteiger partial charge in [0.1, 0.15) is 0 Å². The number of benzene rings is 1. The number of hydrogen-bond acceptors (Lipinski definition) is 3. The minimum Gasteiger partial charge on any atom is -0.357 e. The Bertz CT molecular complexity index is 803. The van der Waals surface area contributed by atoms with Crippen molar-refractivity contribution < 1.29 is 4.79 Å². The standard InChI is InChI=1S/C20H22ClN3O/c1-5-6-19(15(4)23-17-9-10-22-20(25)12-17)24-14(3)16-7-8-18(21)13(2)11-16/h5-8,11-12,23H,3-4,9-10H2,1-2H3,(H,22,25)/b6-5-,24-19?. The average molecular weight is 356 g/mol. The van der Waals surface area contributed by atoms with E-state index in [9.17, 15) is 4.79 Å². The van der Waals surface area contributed by atoms with Gasteiger partial charge in [0.05, 0.1) is 17.1 Å². The molecule has 1 aromatic carbocycles. The van der Waals surface area contributed by atoms with Gasteiger partial charge in [0, 0.05) is 29.8 Å². The Kier molecular flexibility index (Phi) is 6.37. The first-order chi connectivity index (χ1) is 11.9. The molecule has 5 heteroatoms. The number of aliphatic imine (C=N–C) groups is 1. The minimum absolute atomic E-state index is 0.105. The molecule has 0 radical (unpaired) electrons. The third-order valence-electron chi connectivity index (χ3n) is 3.69. The van der Waals surface area contributed by atoms with E-state index in [2.05, 4.69) is 28.8 Å². The molecule has 0 saturated carbocycles. The van der Waals surface area contributed by atoms with Crippen molar-refractivity contribution in [3.63, 3.8) is 0 Å². The summed E-state index contributed by atoms with van der Waals surface area (Å²) in [5.41, 5.74) is 4.58. The number of amides is 1. The van der Waals surface area contributed by atoms with Crippen LogP contribution in [0.1, 0.15) is 24.5 Å². The minimum atomic E-state index is -0.105. The highest BCUT2D eigenvalue weighted by Crippen LogP contribution is 2.22. The van der Waals surface area contributed by atoms with E-state index in [0.717, 1.165) is 23.2 Å². The van der Waals surface area contributed by atoms with E-state index in [1.165, 1.54) is 0 Å². The van der Waals surface area contributed by atoms with Crippen molar-refractivity contribution in [3.8, 4) is 0 Å². The second-order valence-corrected chi connectivity index (χ2v) is 6.13. The molecule has 0 atom stereocenters. The highest BCUT2D eigenvalue weighted by Gasteiger charge is 2.11. The van der Waals surface area contributed by atoms with Crippen LogP contribution in [0, 0.1) is 6.92 Å². The number of carbonyl (C=O) groups excluding carboxylic acids is 1. The molecule has 0 bridgehead atoms. The molecular formula is C20H22ClN3O. The summed E-state index contributed by atoms with van der Waals surface area (Å²) in [5, 5.41) is 6.63. The highest BCUT2D eigenvalue weighted by atomic mass is 35.5. The third-order valence-corrected chi connectivity index (χ3v) is 4.11. The van der Waals surface area contributed by atoms with Crippen molar-refractivity contribution in [2.24, 2.45) is 4.99 Å². The van der Waals surface area contributed by atoms with Crippen LogP contribution in [-0.4, -0.2) is 18.2 Å². The molecule has 1 amide bonds. The van der Waals surface area contributed by atoms with Gasteiger partial charge in [-0.25, -0.2) is 4.99 Å². The molecule has 0 aliphatic carbocycles. The number of rotatable bonds is 6. The van der Waals surface area contributed by atoms with Crippen LogP contribution in [0.25, 0.3) is 5.70 Å². The number of hydrogen-bond donors (Lipinski definition) is 2. The van der Waals surface area contributed by atoms with Gasteiger partial charge in [-0.15, -0.1) is 0 Å². The molecule has 25 heavy (non-hydrogen) atoms. The van der Waals surface area contributed by atoms with E-state index < -0.39 is 0 Å². The van der Waals surface area contributed by atoms with Crippen LogP contribution in [0.4, 0.5) is 0 Å². The molecular weight excluding hydrogens is 334 g/mol.